The van der Waals surface area contributed by atoms with Crippen LogP contribution in [0.15, 0.2) is 30.5 Å². The zero-order chi connectivity index (χ0) is 24.7. The second kappa shape index (κ2) is 11.9. The minimum atomic E-state index is -0.931. The lowest BCUT2D eigenvalue weighted by molar-refractivity contribution is -0.0473. The monoisotopic (exact) mass is 498 g/mol. The smallest absolute Gasteiger partial charge is 0.348 e. The molecule has 8 heteroatoms. The van der Waals surface area contributed by atoms with Crippen LogP contribution >= 0.6 is 11.3 Å². The van der Waals surface area contributed by atoms with Crippen LogP contribution in [-0.4, -0.2) is 54.1 Å². The van der Waals surface area contributed by atoms with E-state index in [2.05, 4.69) is 36.0 Å². The van der Waals surface area contributed by atoms with Gasteiger partial charge in [0.15, 0.2) is 0 Å². The number of hydrogen-bond donors (Lipinski definition) is 2. The Balaban J connectivity index is 1.33. The lowest BCUT2D eigenvalue weighted by Crippen LogP contribution is -2.31. The number of aromatic carboxylic acids is 1. The van der Waals surface area contributed by atoms with Crippen molar-refractivity contribution in [2.75, 3.05) is 25.1 Å². The number of rotatable bonds is 8. The number of thiophene rings is 1. The van der Waals surface area contributed by atoms with Gasteiger partial charge in [-0.3, -0.25) is 0 Å². The molecular formula is C27H34N2O5S. The molecule has 4 rings (SSSR count). The van der Waals surface area contributed by atoms with Crippen LogP contribution < -0.4 is 10.1 Å². The minimum absolute atomic E-state index is 0.136. The highest BCUT2D eigenvalue weighted by molar-refractivity contribution is 7.15. The summed E-state index contributed by atoms with van der Waals surface area (Å²) in [6.45, 7) is 6.14. The van der Waals surface area contributed by atoms with Crippen molar-refractivity contribution in [3.63, 3.8) is 0 Å². The third-order valence-electron chi connectivity index (χ3n) is 6.26. The molecule has 0 spiro atoms. The van der Waals surface area contributed by atoms with Crippen molar-refractivity contribution in [2.45, 2.75) is 70.6 Å². The summed E-state index contributed by atoms with van der Waals surface area (Å²) in [5.74, 6) is 6.20. The third-order valence-corrected chi connectivity index (χ3v) is 7.30. The van der Waals surface area contributed by atoms with Gasteiger partial charge in [0.1, 0.15) is 11.0 Å². The van der Waals surface area contributed by atoms with E-state index in [1.807, 2.05) is 24.3 Å². The fourth-order valence-electron chi connectivity index (χ4n) is 4.29. The van der Waals surface area contributed by atoms with Crippen molar-refractivity contribution in [1.82, 2.24) is 4.98 Å². The molecule has 0 bridgehead atoms. The van der Waals surface area contributed by atoms with Gasteiger partial charge in [0.2, 0.25) is 5.88 Å². The molecule has 0 atom stereocenters. The summed E-state index contributed by atoms with van der Waals surface area (Å²) < 4.78 is 17.4. The number of pyridine rings is 1. The summed E-state index contributed by atoms with van der Waals surface area (Å²) in [6.07, 6.45) is 7.54. The summed E-state index contributed by atoms with van der Waals surface area (Å²) in [5, 5.41) is 13.2. The van der Waals surface area contributed by atoms with Crippen molar-refractivity contribution in [1.29, 1.82) is 0 Å². The van der Waals surface area contributed by atoms with E-state index in [0.717, 1.165) is 56.6 Å². The Morgan fingerprint density at radius 3 is 2.66 bits per heavy atom. The van der Waals surface area contributed by atoms with Crippen LogP contribution in [0.3, 0.4) is 0 Å². The Morgan fingerprint density at radius 2 is 1.97 bits per heavy atom. The van der Waals surface area contributed by atoms with Gasteiger partial charge < -0.3 is 24.6 Å². The number of aromatic nitrogens is 1. The average molecular weight is 499 g/mol. The molecule has 0 radical (unpaired) electrons. The maximum absolute atomic E-state index is 11.9. The Kier molecular flexibility index (Phi) is 8.66. The molecular weight excluding hydrogens is 464 g/mol. The van der Waals surface area contributed by atoms with Crippen molar-refractivity contribution >= 4 is 23.0 Å². The maximum Gasteiger partial charge on any atom is 0.348 e. The minimum Gasteiger partial charge on any atom is -0.477 e. The van der Waals surface area contributed by atoms with Gasteiger partial charge in [-0.25, -0.2) is 9.78 Å². The molecule has 0 amide bonds. The number of carbonyl (C=O) groups is 1. The van der Waals surface area contributed by atoms with Gasteiger partial charge in [0.05, 0.1) is 23.3 Å². The summed E-state index contributed by atoms with van der Waals surface area (Å²) in [5.41, 5.74) is 0.322. The van der Waals surface area contributed by atoms with Gasteiger partial charge in [0, 0.05) is 36.9 Å². The standard InChI is InChI=1S/C27H34N2O5S/c1-27(2,18-33-20-11-15-32-16-12-20)13-10-22-17-23(25(35-22)26(30)31)29-19-6-8-21(9-7-19)34-24-5-3-4-14-28-24/h3-5,14,17,19-21,29H,6-9,11-12,15-16,18H2,1-2H3,(H,30,31). The van der Waals surface area contributed by atoms with Gasteiger partial charge in [0.25, 0.3) is 0 Å². The molecule has 1 saturated heterocycles. The molecule has 35 heavy (non-hydrogen) atoms. The predicted molar refractivity (Wildman–Crippen MR) is 136 cm³/mol. The van der Waals surface area contributed by atoms with Crippen LogP contribution in [0.5, 0.6) is 5.88 Å². The van der Waals surface area contributed by atoms with E-state index < -0.39 is 5.97 Å². The van der Waals surface area contributed by atoms with Crippen LogP contribution in [0.1, 0.15) is 66.9 Å². The van der Waals surface area contributed by atoms with E-state index in [0.29, 0.717) is 23.1 Å². The first-order chi connectivity index (χ1) is 16.9. The number of anilines is 1. The van der Waals surface area contributed by atoms with Crippen LogP contribution in [0.4, 0.5) is 5.69 Å². The molecule has 1 aliphatic heterocycles. The molecule has 2 aromatic rings. The summed E-state index contributed by atoms with van der Waals surface area (Å²) in [6, 6.07) is 7.73. The zero-order valence-electron chi connectivity index (χ0n) is 20.4. The Labute approximate surface area is 211 Å². The van der Waals surface area contributed by atoms with Crippen molar-refractivity contribution in [3.05, 3.63) is 40.2 Å². The number of carboxylic acid groups (broad SMARTS) is 1. The van der Waals surface area contributed by atoms with E-state index in [-0.39, 0.29) is 23.7 Å². The third kappa shape index (κ3) is 7.69. The normalized spacial score (nSPS) is 21.1. The Morgan fingerprint density at radius 1 is 1.20 bits per heavy atom. The van der Waals surface area contributed by atoms with Crippen molar-refractivity contribution in [2.24, 2.45) is 5.41 Å². The largest absolute Gasteiger partial charge is 0.477 e. The maximum atomic E-state index is 11.9. The first-order valence-electron chi connectivity index (χ1n) is 12.3. The van der Waals surface area contributed by atoms with E-state index in [1.54, 1.807) is 6.20 Å². The predicted octanol–water partition coefficient (Wildman–Crippen LogP) is 5.22. The van der Waals surface area contributed by atoms with Gasteiger partial charge >= 0.3 is 5.97 Å². The van der Waals surface area contributed by atoms with Gasteiger partial charge in [-0.15, -0.1) is 11.3 Å². The van der Waals surface area contributed by atoms with E-state index in [1.165, 1.54) is 11.3 Å². The molecule has 7 nitrogen and oxygen atoms in total. The van der Waals surface area contributed by atoms with Gasteiger partial charge in [-0.2, -0.15) is 0 Å². The molecule has 3 heterocycles. The zero-order valence-corrected chi connectivity index (χ0v) is 21.2. The Bertz CT molecular complexity index is 1030. The first-order valence-corrected chi connectivity index (χ1v) is 13.1. The van der Waals surface area contributed by atoms with Crippen molar-refractivity contribution in [3.8, 4) is 17.7 Å². The molecule has 2 aliphatic rings. The molecule has 188 valence electrons. The highest BCUT2D eigenvalue weighted by Crippen LogP contribution is 2.31. The van der Waals surface area contributed by atoms with Gasteiger partial charge in [-0.05, 0) is 64.5 Å². The lowest BCUT2D eigenvalue weighted by Gasteiger charge is -2.29. The summed E-state index contributed by atoms with van der Waals surface area (Å²) in [7, 11) is 0. The summed E-state index contributed by atoms with van der Waals surface area (Å²) in [4.78, 5) is 17.2. The highest BCUT2D eigenvalue weighted by atomic mass is 32.1. The quantitative estimate of drug-likeness (QED) is 0.483. The number of hydrogen-bond acceptors (Lipinski definition) is 7. The van der Waals surface area contributed by atoms with E-state index in [9.17, 15) is 9.90 Å². The molecule has 2 fully saturated rings. The lowest BCUT2D eigenvalue weighted by atomic mass is 9.92. The molecule has 1 saturated carbocycles. The molecule has 0 aromatic carbocycles. The van der Waals surface area contributed by atoms with Gasteiger partial charge in [-0.1, -0.05) is 17.9 Å². The number of nitrogens with zero attached hydrogens (tertiary/aromatic N) is 1. The number of ether oxygens (including phenoxy) is 3. The second-order valence-electron chi connectivity index (χ2n) is 9.82. The average Bonchev–Trinajstić information content (AvgIpc) is 3.27. The molecule has 2 aromatic heterocycles. The first kappa shape index (κ1) is 25.5. The number of carboxylic acids is 1. The molecule has 0 unspecified atom stereocenters. The molecule has 2 N–H and O–H groups in total. The Hall–Kier alpha value is -2.60. The van der Waals surface area contributed by atoms with Crippen LogP contribution in [0.2, 0.25) is 0 Å². The van der Waals surface area contributed by atoms with Crippen LogP contribution in [-0.2, 0) is 9.47 Å². The summed E-state index contributed by atoms with van der Waals surface area (Å²) >= 11 is 1.22. The fourth-order valence-corrected chi connectivity index (χ4v) is 5.10. The van der Waals surface area contributed by atoms with Crippen LogP contribution in [0, 0.1) is 17.3 Å². The van der Waals surface area contributed by atoms with Crippen LogP contribution in [0.25, 0.3) is 0 Å². The topological polar surface area (TPSA) is 89.9 Å². The fraction of sp³-hybridized carbons (Fsp3) is 0.556. The molecule has 1 aliphatic carbocycles. The second-order valence-corrected chi connectivity index (χ2v) is 10.9. The number of nitrogens with one attached hydrogen (secondary N) is 1. The van der Waals surface area contributed by atoms with Crippen molar-refractivity contribution < 1.29 is 24.1 Å². The van der Waals surface area contributed by atoms with E-state index >= 15 is 0 Å². The van der Waals surface area contributed by atoms with E-state index in [4.69, 9.17) is 14.2 Å². The SMILES string of the molecule is CC(C)(C#Cc1cc(NC2CCC(Oc3ccccn3)CC2)c(C(=O)O)s1)COC1CCOCC1. The highest BCUT2D eigenvalue weighted by Gasteiger charge is 2.25.